The molecule has 5 nitrogen and oxygen atoms in total. The molecule has 0 radical (unpaired) electrons. The van der Waals surface area contributed by atoms with Crippen LogP contribution in [0.3, 0.4) is 0 Å². The third-order valence-electron chi connectivity index (χ3n) is 2.92. The Kier molecular flexibility index (Phi) is 3.66. The molecule has 0 aliphatic rings. The number of aromatic hydroxyl groups is 1. The van der Waals surface area contributed by atoms with E-state index in [0.29, 0.717) is 0 Å². The van der Waals surface area contributed by atoms with Crippen LogP contribution in [0.15, 0.2) is 41.5 Å². The lowest BCUT2D eigenvalue weighted by Crippen LogP contribution is -2.17. The average molecular weight is 257 g/mol. The summed E-state index contributed by atoms with van der Waals surface area (Å²) in [5, 5.41) is 13.4. The summed E-state index contributed by atoms with van der Waals surface area (Å²) in [4.78, 5) is 11.8. The van der Waals surface area contributed by atoms with Gasteiger partial charge in [0.2, 0.25) is 0 Å². The zero-order valence-electron chi connectivity index (χ0n) is 10.8. The highest BCUT2D eigenvalue weighted by molar-refractivity contribution is 5.97. The summed E-state index contributed by atoms with van der Waals surface area (Å²) in [6.45, 7) is 1.98. The Morgan fingerprint density at radius 1 is 1.32 bits per heavy atom. The molecule has 1 aromatic heterocycles. The van der Waals surface area contributed by atoms with Gasteiger partial charge in [0.1, 0.15) is 5.75 Å². The zero-order chi connectivity index (χ0) is 13.8. The zero-order valence-corrected chi connectivity index (χ0v) is 10.8. The fourth-order valence-corrected chi connectivity index (χ4v) is 1.65. The monoisotopic (exact) mass is 257 g/mol. The van der Waals surface area contributed by atoms with Crippen molar-refractivity contribution in [3.05, 3.63) is 53.3 Å². The Labute approximate surface area is 111 Å². The molecule has 0 fully saturated rings. The summed E-state index contributed by atoms with van der Waals surface area (Å²) in [6.07, 6.45) is 1.56. The maximum atomic E-state index is 11.8. The number of phenols is 1. The molecular weight excluding hydrogens is 242 g/mol. The van der Waals surface area contributed by atoms with Crippen LogP contribution in [0.4, 0.5) is 0 Å². The first-order valence-electron chi connectivity index (χ1n) is 5.83. The second kappa shape index (κ2) is 5.39. The van der Waals surface area contributed by atoms with Gasteiger partial charge in [0.15, 0.2) is 0 Å². The molecule has 2 N–H and O–H groups in total. The van der Waals surface area contributed by atoms with E-state index in [1.165, 1.54) is 12.1 Å². The Balaban J connectivity index is 2.05. The van der Waals surface area contributed by atoms with Crippen LogP contribution in [0.1, 0.15) is 21.7 Å². The number of nitrogens with zero attached hydrogens (tertiary/aromatic N) is 2. The molecule has 0 saturated carbocycles. The van der Waals surface area contributed by atoms with Gasteiger partial charge in [0.05, 0.1) is 17.5 Å². The molecular formula is C14H15N3O2. The number of rotatable bonds is 3. The van der Waals surface area contributed by atoms with E-state index in [2.05, 4.69) is 10.5 Å². The van der Waals surface area contributed by atoms with E-state index in [1.54, 1.807) is 18.3 Å². The predicted molar refractivity (Wildman–Crippen MR) is 73.3 cm³/mol. The van der Waals surface area contributed by atoms with Crippen molar-refractivity contribution in [3.63, 3.8) is 0 Å². The summed E-state index contributed by atoms with van der Waals surface area (Å²) in [6, 6.07) is 10.2. The van der Waals surface area contributed by atoms with Crippen molar-refractivity contribution < 1.29 is 9.90 Å². The highest BCUT2D eigenvalue weighted by atomic mass is 16.3. The van der Waals surface area contributed by atoms with E-state index in [1.807, 2.05) is 30.7 Å². The molecule has 0 saturated heterocycles. The molecule has 0 spiro atoms. The minimum absolute atomic E-state index is 0.0649. The third kappa shape index (κ3) is 2.82. The number of aromatic nitrogens is 1. The Bertz CT molecular complexity index is 629. The third-order valence-corrected chi connectivity index (χ3v) is 2.92. The van der Waals surface area contributed by atoms with Crippen LogP contribution < -0.4 is 5.43 Å². The number of aryl methyl sites for hydroxylation is 1. The van der Waals surface area contributed by atoms with E-state index in [9.17, 15) is 9.90 Å². The molecule has 1 aromatic carbocycles. The highest BCUT2D eigenvalue weighted by Crippen LogP contribution is 2.14. The number of hydrazone groups is 1. The predicted octanol–water partition coefficient (Wildman–Crippen LogP) is 1.80. The second-order valence-corrected chi connectivity index (χ2v) is 4.17. The maximum absolute atomic E-state index is 11.8. The van der Waals surface area contributed by atoms with E-state index in [0.717, 1.165) is 11.4 Å². The van der Waals surface area contributed by atoms with Crippen LogP contribution in [-0.2, 0) is 7.05 Å². The topological polar surface area (TPSA) is 66.6 Å². The van der Waals surface area contributed by atoms with Crippen molar-refractivity contribution in [3.8, 4) is 5.75 Å². The van der Waals surface area contributed by atoms with E-state index in [-0.39, 0.29) is 11.3 Å². The van der Waals surface area contributed by atoms with Crippen LogP contribution in [-0.4, -0.2) is 21.8 Å². The van der Waals surface area contributed by atoms with Crippen LogP contribution >= 0.6 is 0 Å². The van der Waals surface area contributed by atoms with Crippen LogP contribution in [0, 0.1) is 6.92 Å². The number of hydrogen-bond acceptors (Lipinski definition) is 3. The van der Waals surface area contributed by atoms with E-state index >= 15 is 0 Å². The molecule has 1 heterocycles. The molecule has 0 atom stereocenters. The first-order valence-corrected chi connectivity index (χ1v) is 5.83. The molecule has 98 valence electrons. The van der Waals surface area contributed by atoms with Crippen LogP contribution in [0.25, 0.3) is 0 Å². The van der Waals surface area contributed by atoms with E-state index < -0.39 is 5.91 Å². The number of para-hydroxylation sites is 1. The van der Waals surface area contributed by atoms with Crippen molar-refractivity contribution in [2.24, 2.45) is 12.1 Å². The lowest BCUT2D eigenvalue weighted by atomic mass is 10.2. The van der Waals surface area contributed by atoms with Crippen molar-refractivity contribution >= 4 is 12.1 Å². The van der Waals surface area contributed by atoms with Crippen molar-refractivity contribution in [1.29, 1.82) is 0 Å². The fraction of sp³-hybridized carbons (Fsp3) is 0.143. The normalized spacial score (nSPS) is 10.8. The number of carbonyl (C=O) groups is 1. The highest BCUT2D eigenvalue weighted by Gasteiger charge is 2.08. The van der Waals surface area contributed by atoms with Gasteiger partial charge in [0.25, 0.3) is 5.91 Å². The number of benzene rings is 1. The summed E-state index contributed by atoms with van der Waals surface area (Å²) >= 11 is 0. The Hall–Kier alpha value is -2.56. The van der Waals surface area contributed by atoms with Crippen molar-refractivity contribution in [2.45, 2.75) is 6.92 Å². The van der Waals surface area contributed by atoms with Gasteiger partial charge in [-0.15, -0.1) is 0 Å². The van der Waals surface area contributed by atoms with Crippen molar-refractivity contribution in [2.75, 3.05) is 0 Å². The first-order chi connectivity index (χ1) is 9.09. The number of nitrogens with one attached hydrogen (secondary N) is 1. The molecule has 2 rings (SSSR count). The number of amides is 1. The Morgan fingerprint density at radius 3 is 2.68 bits per heavy atom. The molecule has 0 aliphatic heterocycles. The largest absolute Gasteiger partial charge is 0.507 e. The van der Waals surface area contributed by atoms with Crippen LogP contribution in [0.2, 0.25) is 0 Å². The van der Waals surface area contributed by atoms with E-state index in [4.69, 9.17) is 0 Å². The molecule has 19 heavy (non-hydrogen) atoms. The average Bonchev–Trinajstić information content (AvgIpc) is 2.71. The summed E-state index contributed by atoms with van der Waals surface area (Å²) < 4.78 is 1.95. The molecule has 0 aliphatic carbocycles. The molecule has 1 amide bonds. The Morgan fingerprint density at radius 2 is 2.05 bits per heavy atom. The van der Waals surface area contributed by atoms with Gasteiger partial charge in [-0.05, 0) is 31.2 Å². The van der Waals surface area contributed by atoms with Gasteiger partial charge < -0.3 is 9.67 Å². The number of phenolic OH excluding ortho intramolecular Hbond substituents is 1. The van der Waals surface area contributed by atoms with Gasteiger partial charge in [0, 0.05) is 12.7 Å². The molecule has 5 heteroatoms. The summed E-state index contributed by atoms with van der Waals surface area (Å²) in [5.41, 5.74) is 4.57. The minimum atomic E-state index is -0.444. The van der Waals surface area contributed by atoms with Gasteiger partial charge in [-0.1, -0.05) is 12.1 Å². The summed E-state index contributed by atoms with van der Waals surface area (Å²) in [7, 11) is 1.92. The quantitative estimate of drug-likeness (QED) is 0.650. The molecule has 2 aromatic rings. The lowest BCUT2D eigenvalue weighted by Gasteiger charge is -2.02. The molecule has 0 bridgehead atoms. The fourth-order valence-electron chi connectivity index (χ4n) is 1.65. The SMILES string of the molecule is Cc1ccc(/C=N\NC(=O)c2ccccc2O)n1C. The number of hydrogen-bond donors (Lipinski definition) is 2. The first kappa shape index (κ1) is 12.9. The maximum Gasteiger partial charge on any atom is 0.275 e. The van der Waals surface area contributed by atoms with Crippen molar-refractivity contribution in [1.82, 2.24) is 9.99 Å². The summed E-state index contributed by atoms with van der Waals surface area (Å²) in [5.74, 6) is -0.509. The lowest BCUT2D eigenvalue weighted by molar-refractivity contribution is 0.0952. The number of carbonyl (C=O) groups excluding carboxylic acids is 1. The smallest absolute Gasteiger partial charge is 0.275 e. The molecule has 0 unspecified atom stereocenters. The van der Waals surface area contributed by atoms with Gasteiger partial charge in [-0.3, -0.25) is 4.79 Å². The second-order valence-electron chi connectivity index (χ2n) is 4.17. The minimum Gasteiger partial charge on any atom is -0.507 e. The van der Waals surface area contributed by atoms with Crippen LogP contribution in [0.5, 0.6) is 5.75 Å². The van der Waals surface area contributed by atoms with Gasteiger partial charge in [-0.25, -0.2) is 5.43 Å². The van der Waals surface area contributed by atoms with Gasteiger partial charge >= 0.3 is 0 Å². The standard InChI is InChI=1S/C14H15N3O2/c1-10-7-8-11(17(10)2)9-15-16-14(19)12-5-3-4-6-13(12)18/h3-9,18H,1-2H3,(H,16,19)/b15-9-. The van der Waals surface area contributed by atoms with Gasteiger partial charge in [-0.2, -0.15) is 5.10 Å².